The average Bonchev–Trinajstić information content (AvgIpc) is 2.88. The second-order valence-electron chi connectivity index (χ2n) is 7.88. The third kappa shape index (κ3) is 6.08. The number of alkyl halides is 3. The number of esters is 1. The minimum Gasteiger partial charge on any atom is -0.452 e. The molecule has 4 rings (SSSR count). The second-order valence-corrected chi connectivity index (χ2v) is 7.88. The van der Waals surface area contributed by atoms with Crippen LogP contribution in [0.2, 0.25) is 0 Å². The van der Waals surface area contributed by atoms with Gasteiger partial charge in [-0.1, -0.05) is 24.3 Å². The van der Waals surface area contributed by atoms with Gasteiger partial charge in [0.05, 0.1) is 5.56 Å². The highest BCUT2D eigenvalue weighted by Crippen LogP contribution is 2.31. The van der Waals surface area contributed by atoms with Gasteiger partial charge >= 0.3 is 12.1 Å². The maximum atomic E-state index is 13.0. The number of ether oxygens (including phenoxy) is 1. The number of para-hydroxylation sites is 1. The highest BCUT2D eigenvalue weighted by molar-refractivity contribution is 5.96. The fourth-order valence-electron chi connectivity index (χ4n) is 3.73. The number of carbonyl (C=O) groups is 2. The third-order valence-corrected chi connectivity index (χ3v) is 5.56. The Morgan fingerprint density at radius 1 is 0.943 bits per heavy atom. The van der Waals surface area contributed by atoms with E-state index in [9.17, 15) is 22.8 Å². The minimum absolute atomic E-state index is 0.00612. The molecular formula is C25H23F3N4O3. The summed E-state index contributed by atoms with van der Waals surface area (Å²) in [7, 11) is 0. The van der Waals surface area contributed by atoms with Crippen molar-refractivity contribution in [2.75, 3.05) is 43.0 Å². The van der Waals surface area contributed by atoms with Gasteiger partial charge in [0, 0.05) is 43.8 Å². The molecular weight excluding hydrogens is 461 g/mol. The Morgan fingerprint density at radius 2 is 1.69 bits per heavy atom. The van der Waals surface area contributed by atoms with Crippen LogP contribution < -0.4 is 10.2 Å². The zero-order valence-electron chi connectivity index (χ0n) is 18.7. The molecule has 1 saturated heterocycles. The molecule has 2 aromatic carbocycles. The van der Waals surface area contributed by atoms with E-state index in [-0.39, 0.29) is 23.0 Å². The van der Waals surface area contributed by atoms with Gasteiger partial charge in [-0.15, -0.1) is 0 Å². The molecule has 10 heteroatoms. The lowest BCUT2D eigenvalue weighted by atomic mass is 10.2. The van der Waals surface area contributed by atoms with Crippen molar-refractivity contribution in [1.29, 1.82) is 0 Å². The topological polar surface area (TPSA) is 74.8 Å². The summed E-state index contributed by atoms with van der Waals surface area (Å²) < 4.78 is 44.2. The van der Waals surface area contributed by atoms with Crippen LogP contribution in [0.25, 0.3) is 0 Å². The van der Waals surface area contributed by atoms with Gasteiger partial charge in [0.1, 0.15) is 11.4 Å². The van der Waals surface area contributed by atoms with Gasteiger partial charge in [0.15, 0.2) is 6.61 Å². The number of benzene rings is 2. The molecule has 0 bridgehead atoms. The predicted octanol–water partition coefficient (Wildman–Crippen LogP) is 4.35. The van der Waals surface area contributed by atoms with Gasteiger partial charge in [-0.25, -0.2) is 9.78 Å². The van der Waals surface area contributed by atoms with E-state index in [0.29, 0.717) is 26.2 Å². The van der Waals surface area contributed by atoms with E-state index in [2.05, 4.69) is 15.2 Å². The van der Waals surface area contributed by atoms with Crippen molar-refractivity contribution in [3.8, 4) is 0 Å². The van der Waals surface area contributed by atoms with E-state index >= 15 is 0 Å². The Hall–Kier alpha value is -4.08. The lowest BCUT2D eigenvalue weighted by molar-refractivity contribution is -0.137. The molecule has 1 fully saturated rings. The van der Waals surface area contributed by atoms with E-state index in [1.807, 2.05) is 30.3 Å². The zero-order valence-corrected chi connectivity index (χ0v) is 18.7. The van der Waals surface area contributed by atoms with Crippen molar-refractivity contribution in [2.45, 2.75) is 6.18 Å². The van der Waals surface area contributed by atoms with Gasteiger partial charge < -0.3 is 19.9 Å². The van der Waals surface area contributed by atoms with E-state index in [1.54, 1.807) is 4.90 Å². The highest BCUT2D eigenvalue weighted by Gasteiger charge is 2.30. The van der Waals surface area contributed by atoms with Crippen LogP contribution in [-0.4, -0.2) is 54.5 Å². The molecule has 1 amide bonds. The Labute approximate surface area is 200 Å². The summed E-state index contributed by atoms with van der Waals surface area (Å²) in [5, 5.41) is 2.72. The molecule has 0 aliphatic carbocycles. The first kappa shape index (κ1) is 24.1. The maximum absolute atomic E-state index is 13.0. The number of piperazine rings is 1. The summed E-state index contributed by atoms with van der Waals surface area (Å²) in [4.78, 5) is 33.1. The fourth-order valence-corrected chi connectivity index (χ4v) is 3.73. The molecule has 0 atom stereocenters. The van der Waals surface area contributed by atoms with Crippen LogP contribution in [0.3, 0.4) is 0 Å². The molecule has 0 radical (unpaired) electrons. The van der Waals surface area contributed by atoms with Gasteiger partial charge in [0.2, 0.25) is 0 Å². The lowest BCUT2D eigenvalue weighted by Gasteiger charge is -2.36. The number of hydrogen-bond donors (Lipinski definition) is 1. The first-order chi connectivity index (χ1) is 16.8. The predicted molar refractivity (Wildman–Crippen MR) is 124 cm³/mol. The SMILES string of the molecule is O=C(OCC(=O)N1CCN(c2ccccc2)CC1)c1cccnc1Nc1cccc(C(F)(F)F)c1. The standard InChI is InChI=1S/C25H23F3N4O3/c26-25(27,28)18-6-4-7-19(16-18)30-23-21(10-5-11-29-23)24(34)35-17-22(33)32-14-12-31(13-15-32)20-8-2-1-3-9-20/h1-11,16H,12-15,17H2,(H,29,30). The molecule has 0 unspecified atom stereocenters. The number of carbonyl (C=O) groups excluding carboxylic acids is 2. The van der Waals surface area contributed by atoms with E-state index < -0.39 is 24.3 Å². The van der Waals surface area contributed by atoms with Crippen LogP contribution in [0, 0.1) is 0 Å². The molecule has 0 spiro atoms. The van der Waals surface area contributed by atoms with Crippen molar-refractivity contribution in [2.24, 2.45) is 0 Å². The van der Waals surface area contributed by atoms with Crippen LogP contribution >= 0.6 is 0 Å². The average molecular weight is 484 g/mol. The lowest BCUT2D eigenvalue weighted by Crippen LogP contribution is -2.49. The van der Waals surface area contributed by atoms with Gasteiger partial charge in [-0.05, 0) is 42.5 Å². The first-order valence-corrected chi connectivity index (χ1v) is 11.0. The molecule has 0 saturated carbocycles. The Kier molecular flexibility index (Phi) is 7.19. The largest absolute Gasteiger partial charge is 0.452 e. The number of aromatic nitrogens is 1. The Bertz CT molecular complexity index is 1180. The van der Waals surface area contributed by atoms with Crippen LogP contribution in [0.1, 0.15) is 15.9 Å². The van der Waals surface area contributed by atoms with Crippen LogP contribution in [0.15, 0.2) is 72.9 Å². The molecule has 1 N–H and O–H groups in total. The molecule has 35 heavy (non-hydrogen) atoms. The molecule has 7 nitrogen and oxygen atoms in total. The van der Waals surface area contributed by atoms with Gasteiger partial charge in [-0.2, -0.15) is 13.2 Å². The van der Waals surface area contributed by atoms with E-state index in [1.165, 1.54) is 30.5 Å². The summed E-state index contributed by atoms with van der Waals surface area (Å²) in [5.41, 5.74) is 0.371. The van der Waals surface area contributed by atoms with Crippen molar-refractivity contribution in [3.63, 3.8) is 0 Å². The zero-order chi connectivity index (χ0) is 24.8. The van der Waals surface area contributed by atoms with E-state index in [4.69, 9.17) is 4.74 Å². The van der Waals surface area contributed by atoms with E-state index in [0.717, 1.165) is 17.8 Å². The molecule has 182 valence electrons. The number of halogens is 3. The smallest absolute Gasteiger partial charge is 0.416 e. The fraction of sp³-hybridized carbons (Fsp3) is 0.240. The first-order valence-electron chi connectivity index (χ1n) is 11.0. The number of rotatable bonds is 6. The number of nitrogens with zero attached hydrogens (tertiary/aromatic N) is 3. The molecule has 1 aliphatic heterocycles. The maximum Gasteiger partial charge on any atom is 0.416 e. The molecule has 3 aromatic rings. The molecule has 2 heterocycles. The summed E-state index contributed by atoms with van der Waals surface area (Å²) in [6.07, 6.45) is -3.11. The van der Waals surface area contributed by atoms with Crippen LogP contribution in [0.5, 0.6) is 0 Å². The number of amides is 1. The Balaban J connectivity index is 1.34. The summed E-state index contributed by atoms with van der Waals surface area (Å²) in [6.45, 7) is 1.89. The normalized spacial score (nSPS) is 13.9. The van der Waals surface area contributed by atoms with Crippen molar-refractivity contribution in [1.82, 2.24) is 9.88 Å². The number of hydrogen-bond acceptors (Lipinski definition) is 6. The highest BCUT2D eigenvalue weighted by atomic mass is 19.4. The summed E-state index contributed by atoms with van der Waals surface area (Å²) in [5.74, 6) is -1.09. The van der Waals surface area contributed by atoms with Crippen LogP contribution in [0.4, 0.5) is 30.4 Å². The van der Waals surface area contributed by atoms with Gasteiger partial charge in [0.25, 0.3) is 5.91 Å². The second kappa shape index (κ2) is 10.5. The number of pyridine rings is 1. The monoisotopic (exact) mass is 484 g/mol. The molecule has 1 aliphatic rings. The summed E-state index contributed by atoms with van der Waals surface area (Å²) in [6, 6.07) is 17.4. The molecule has 1 aromatic heterocycles. The number of nitrogens with one attached hydrogen (secondary N) is 1. The van der Waals surface area contributed by atoms with Crippen LogP contribution in [-0.2, 0) is 15.7 Å². The van der Waals surface area contributed by atoms with Crippen molar-refractivity contribution in [3.05, 3.63) is 84.1 Å². The Morgan fingerprint density at radius 3 is 2.40 bits per heavy atom. The van der Waals surface area contributed by atoms with Gasteiger partial charge in [-0.3, -0.25) is 4.79 Å². The number of anilines is 3. The quantitative estimate of drug-likeness (QED) is 0.525. The van der Waals surface area contributed by atoms with Crippen molar-refractivity contribution >= 4 is 29.1 Å². The minimum atomic E-state index is -4.50. The summed E-state index contributed by atoms with van der Waals surface area (Å²) >= 11 is 0. The third-order valence-electron chi connectivity index (χ3n) is 5.56. The van der Waals surface area contributed by atoms with Crippen molar-refractivity contribution < 1.29 is 27.5 Å².